The number of nitrogens with one attached hydrogen (secondary N) is 2. The van der Waals surface area contributed by atoms with E-state index in [0.29, 0.717) is 29.1 Å². The zero-order valence-corrected chi connectivity index (χ0v) is 16.8. The number of aryl methyl sites for hydroxylation is 1. The minimum atomic E-state index is -0.451. The molecule has 0 aliphatic rings. The number of esters is 1. The Hall–Kier alpha value is -3.93. The van der Waals surface area contributed by atoms with Gasteiger partial charge in [0.15, 0.2) is 0 Å². The van der Waals surface area contributed by atoms with Crippen LogP contribution >= 0.6 is 0 Å². The molecule has 6 heteroatoms. The minimum Gasteiger partial charge on any atom is -0.427 e. The van der Waals surface area contributed by atoms with E-state index in [1.165, 1.54) is 13.0 Å². The van der Waals surface area contributed by atoms with Gasteiger partial charge in [-0.2, -0.15) is 0 Å². The first-order chi connectivity index (χ1) is 14.4. The van der Waals surface area contributed by atoms with E-state index in [1.807, 2.05) is 31.2 Å². The van der Waals surface area contributed by atoms with Gasteiger partial charge in [-0.05, 0) is 55.0 Å². The smallest absolute Gasteiger partial charge is 0.308 e. The monoisotopic (exact) mass is 402 g/mol. The Balaban J connectivity index is 1.63. The molecule has 0 saturated carbocycles. The molecule has 3 aromatic carbocycles. The third-order valence-electron chi connectivity index (χ3n) is 4.28. The van der Waals surface area contributed by atoms with Crippen molar-refractivity contribution in [3.8, 4) is 5.75 Å². The van der Waals surface area contributed by atoms with Crippen LogP contribution in [0.5, 0.6) is 5.75 Å². The van der Waals surface area contributed by atoms with Crippen molar-refractivity contribution in [1.29, 1.82) is 0 Å². The van der Waals surface area contributed by atoms with Crippen molar-refractivity contribution in [2.45, 2.75) is 20.4 Å². The first-order valence-corrected chi connectivity index (χ1v) is 9.44. The van der Waals surface area contributed by atoms with Crippen molar-refractivity contribution in [3.05, 3.63) is 95.1 Å². The fraction of sp³-hybridized carbons (Fsp3) is 0.125. The summed E-state index contributed by atoms with van der Waals surface area (Å²) < 4.78 is 5.01. The van der Waals surface area contributed by atoms with E-state index in [1.54, 1.807) is 42.5 Å². The second kappa shape index (κ2) is 9.52. The van der Waals surface area contributed by atoms with Crippen molar-refractivity contribution in [1.82, 2.24) is 5.32 Å². The maximum absolute atomic E-state index is 12.5. The lowest BCUT2D eigenvalue weighted by Crippen LogP contribution is -2.23. The van der Waals surface area contributed by atoms with Gasteiger partial charge in [0, 0.05) is 30.3 Å². The average Bonchev–Trinajstić information content (AvgIpc) is 2.72. The van der Waals surface area contributed by atoms with Crippen molar-refractivity contribution in [2.75, 3.05) is 5.32 Å². The van der Waals surface area contributed by atoms with Crippen LogP contribution < -0.4 is 15.4 Å². The molecule has 3 aromatic rings. The topological polar surface area (TPSA) is 84.5 Å². The Morgan fingerprint density at radius 1 is 0.833 bits per heavy atom. The van der Waals surface area contributed by atoms with Crippen LogP contribution in [-0.4, -0.2) is 17.8 Å². The number of ether oxygens (including phenoxy) is 1. The summed E-state index contributed by atoms with van der Waals surface area (Å²) in [6, 6.07) is 21.0. The van der Waals surface area contributed by atoms with E-state index in [2.05, 4.69) is 10.6 Å². The van der Waals surface area contributed by atoms with Crippen LogP contribution in [0.1, 0.15) is 38.8 Å². The largest absolute Gasteiger partial charge is 0.427 e. The molecule has 0 bridgehead atoms. The summed E-state index contributed by atoms with van der Waals surface area (Å²) in [6.07, 6.45) is 0. The highest BCUT2D eigenvalue weighted by atomic mass is 16.5. The Bertz CT molecular complexity index is 1090. The van der Waals surface area contributed by atoms with Gasteiger partial charge in [-0.1, -0.05) is 35.9 Å². The lowest BCUT2D eigenvalue weighted by atomic mass is 10.1. The number of rotatable bonds is 6. The van der Waals surface area contributed by atoms with Gasteiger partial charge in [-0.15, -0.1) is 0 Å². The highest BCUT2D eigenvalue weighted by molar-refractivity contribution is 6.04. The molecule has 0 aliphatic heterocycles. The van der Waals surface area contributed by atoms with Crippen LogP contribution in [0.4, 0.5) is 5.69 Å². The quantitative estimate of drug-likeness (QED) is 0.480. The first-order valence-electron chi connectivity index (χ1n) is 9.44. The molecule has 30 heavy (non-hydrogen) atoms. The fourth-order valence-electron chi connectivity index (χ4n) is 2.90. The second-order valence-corrected chi connectivity index (χ2v) is 6.83. The van der Waals surface area contributed by atoms with Gasteiger partial charge in [0.2, 0.25) is 0 Å². The van der Waals surface area contributed by atoms with E-state index in [9.17, 15) is 14.4 Å². The fourth-order valence-corrected chi connectivity index (χ4v) is 2.90. The normalized spacial score (nSPS) is 10.2. The predicted molar refractivity (Wildman–Crippen MR) is 114 cm³/mol. The van der Waals surface area contributed by atoms with Crippen molar-refractivity contribution < 1.29 is 19.1 Å². The van der Waals surface area contributed by atoms with E-state index in [-0.39, 0.29) is 11.8 Å². The molecule has 0 unspecified atom stereocenters. The average molecular weight is 402 g/mol. The summed E-state index contributed by atoms with van der Waals surface area (Å²) in [5.41, 5.74) is 3.44. The first kappa shape index (κ1) is 20.8. The summed E-state index contributed by atoms with van der Waals surface area (Å²) in [7, 11) is 0. The van der Waals surface area contributed by atoms with Gasteiger partial charge < -0.3 is 15.4 Å². The summed E-state index contributed by atoms with van der Waals surface area (Å²) in [5.74, 6) is -0.629. The van der Waals surface area contributed by atoms with E-state index < -0.39 is 5.97 Å². The third kappa shape index (κ3) is 5.78. The van der Waals surface area contributed by atoms with Crippen LogP contribution in [-0.2, 0) is 11.3 Å². The molecule has 0 spiro atoms. The molecule has 3 rings (SSSR count). The van der Waals surface area contributed by atoms with Crippen molar-refractivity contribution in [3.63, 3.8) is 0 Å². The van der Waals surface area contributed by atoms with Crippen molar-refractivity contribution >= 4 is 23.5 Å². The van der Waals surface area contributed by atoms with Crippen LogP contribution in [0, 0.1) is 6.92 Å². The zero-order valence-electron chi connectivity index (χ0n) is 16.8. The maximum atomic E-state index is 12.5. The lowest BCUT2D eigenvalue weighted by Gasteiger charge is -2.10. The summed E-state index contributed by atoms with van der Waals surface area (Å²) >= 11 is 0. The molecule has 0 saturated heterocycles. The Kier molecular flexibility index (Phi) is 6.60. The maximum Gasteiger partial charge on any atom is 0.308 e. The molecule has 0 aromatic heterocycles. The zero-order chi connectivity index (χ0) is 21.5. The Morgan fingerprint density at radius 3 is 2.27 bits per heavy atom. The van der Waals surface area contributed by atoms with Gasteiger partial charge in [0.1, 0.15) is 5.75 Å². The van der Waals surface area contributed by atoms with Gasteiger partial charge in [-0.3, -0.25) is 14.4 Å². The van der Waals surface area contributed by atoms with Crippen LogP contribution in [0.3, 0.4) is 0 Å². The molecule has 2 amide bonds. The Labute approximate surface area is 174 Å². The molecule has 6 nitrogen and oxygen atoms in total. The summed E-state index contributed by atoms with van der Waals surface area (Å²) in [4.78, 5) is 35.9. The number of hydrogen-bond acceptors (Lipinski definition) is 4. The van der Waals surface area contributed by atoms with Gasteiger partial charge in [0.25, 0.3) is 11.8 Å². The third-order valence-corrected chi connectivity index (χ3v) is 4.28. The molecular weight excluding hydrogens is 380 g/mol. The number of anilines is 1. The van der Waals surface area contributed by atoms with Crippen LogP contribution in [0.2, 0.25) is 0 Å². The van der Waals surface area contributed by atoms with Gasteiger partial charge in [0.05, 0.1) is 0 Å². The molecule has 0 heterocycles. The van der Waals surface area contributed by atoms with Crippen LogP contribution in [0.15, 0.2) is 72.8 Å². The summed E-state index contributed by atoms with van der Waals surface area (Å²) in [6.45, 7) is 3.57. The SMILES string of the molecule is CC(=O)Oc1cccc(C(=O)Nc2cccc(CNC(=O)c3cccc(C)c3)c2)c1. The molecule has 0 atom stereocenters. The molecule has 2 N–H and O–H groups in total. The molecular formula is C24H22N2O4. The standard InChI is InChI=1S/C24H22N2O4/c1-16-6-3-8-19(12-16)23(28)25-15-18-7-4-10-21(13-18)26-24(29)20-9-5-11-22(14-20)30-17(2)27/h3-14H,15H2,1-2H3,(H,25,28)(H,26,29). The van der Waals surface area contributed by atoms with Crippen LogP contribution in [0.25, 0.3) is 0 Å². The highest BCUT2D eigenvalue weighted by Crippen LogP contribution is 2.17. The lowest BCUT2D eigenvalue weighted by molar-refractivity contribution is -0.131. The number of carbonyl (C=O) groups excluding carboxylic acids is 3. The minimum absolute atomic E-state index is 0.157. The predicted octanol–water partition coefficient (Wildman–Crippen LogP) is 4.10. The molecule has 0 radical (unpaired) electrons. The number of benzene rings is 3. The highest BCUT2D eigenvalue weighted by Gasteiger charge is 2.10. The van der Waals surface area contributed by atoms with E-state index in [0.717, 1.165) is 11.1 Å². The molecule has 152 valence electrons. The van der Waals surface area contributed by atoms with Gasteiger partial charge >= 0.3 is 5.97 Å². The molecule has 0 fully saturated rings. The van der Waals surface area contributed by atoms with Crippen molar-refractivity contribution in [2.24, 2.45) is 0 Å². The number of amides is 2. The number of hydrogen-bond donors (Lipinski definition) is 2. The van der Waals surface area contributed by atoms with Gasteiger partial charge in [-0.25, -0.2) is 0 Å². The number of carbonyl (C=O) groups is 3. The Morgan fingerprint density at radius 2 is 1.53 bits per heavy atom. The van der Waals surface area contributed by atoms with E-state index >= 15 is 0 Å². The second-order valence-electron chi connectivity index (χ2n) is 6.83. The van der Waals surface area contributed by atoms with E-state index in [4.69, 9.17) is 4.74 Å². The molecule has 0 aliphatic carbocycles. The summed E-state index contributed by atoms with van der Waals surface area (Å²) in [5, 5.41) is 5.69.